The van der Waals surface area contributed by atoms with E-state index in [9.17, 15) is 5.11 Å². The predicted molar refractivity (Wildman–Crippen MR) is 69.5 cm³/mol. The summed E-state index contributed by atoms with van der Waals surface area (Å²) in [7, 11) is 0. The van der Waals surface area contributed by atoms with E-state index in [1.165, 1.54) is 0 Å². The van der Waals surface area contributed by atoms with E-state index in [4.69, 9.17) is 0 Å². The fraction of sp³-hybridized carbons (Fsp3) is 0.667. The number of imidazole rings is 1. The highest BCUT2D eigenvalue weighted by Gasteiger charge is 2.20. The van der Waals surface area contributed by atoms with Gasteiger partial charge in [0.05, 0.1) is 18.2 Å². The molecule has 1 atom stereocenters. The highest BCUT2D eigenvalue weighted by Crippen LogP contribution is 2.14. The van der Waals surface area contributed by atoms with Crippen molar-refractivity contribution in [3.05, 3.63) is 24.0 Å². The molecule has 2 rings (SSSR count). The summed E-state index contributed by atoms with van der Waals surface area (Å²) >= 11 is 0. The maximum atomic E-state index is 9.46. The van der Waals surface area contributed by atoms with E-state index >= 15 is 0 Å². The lowest BCUT2D eigenvalue weighted by Crippen LogP contribution is -2.27. The summed E-state index contributed by atoms with van der Waals surface area (Å²) < 4.78 is 3.76. The molecular formula is C12H20N6O. The van der Waals surface area contributed by atoms with Gasteiger partial charge in [0.1, 0.15) is 5.82 Å². The minimum Gasteiger partial charge on any atom is -0.393 e. The van der Waals surface area contributed by atoms with Gasteiger partial charge in [0, 0.05) is 18.8 Å². The Morgan fingerprint density at radius 1 is 1.32 bits per heavy atom. The van der Waals surface area contributed by atoms with Gasteiger partial charge in [0.2, 0.25) is 0 Å². The van der Waals surface area contributed by atoms with E-state index in [-0.39, 0.29) is 5.54 Å². The van der Waals surface area contributed by atoms with Crippen LogP contribution in [0.25, 0.3) is 0 Å². The Morgan fingerprint density at radius 3 is 2.68 bits per heavy atom. The number of aliphatic hydroxyl groups is 1. The molecule has 2 heterocycles. The molecule has 0 radical (unpaired) electrons. The third kappa shape index (κ3) is 3.17. The highest BCUT2D eigenvalue weighted by molar-refractivity contribution is 4.98. The topological polar surface area (TPSA) is 81.7 Å². The van der Waals surface area contributed by atoms with Crippen molar-refractivity contribution in [1.82, 2.24) is 29.8 Å². The normalized spacial score (nSPS) is 13.7. The van der Waals surface area contributed by atoms with Gasteiger partial charge in [0.25, 0.3) is 0 Å². The summed E-state index contributed by atoms with van der Waals surface area (Å²) in [6.07, 6.45) is 3.70. The number of aliphatic hydroxyl groups excluding tert-OH is 1. The second-order valence-corrected chi connectivity index (χ2v) is 5.70. The minimum atomic E-state index is -0.417. The van der Waals surface area contributed by atoms with Crippen molar-refractivity contribution in [1.29, 1.82) is 0 Å². The third-order valence-electron chi connectivity index (χ3n) is 2.76. The van der Waals surface area contributed by atoms with Crippen LogP contribution in [0.3, 0.4) is 0 Å². The average molecular weight is 264 g/mol. The molecule has 19 heavy (non-hydrogen) atoms. The summed E-state index contributed by atoms with van der Waals surface area (Å²) in [5.41, 5.74) is -0.163. The Morgan fingerprint density at radius 2 is 2.05 bits per heavy atom. The van der Waals surface area contributed by atoms with Crippen LogP contribution in [0.5, 0.6) is 0 Å². The first kappa shape index (κ1) is 13.7. The second-order valence-electron chi connectivity index (χ2n) is 5.70. The highest BCUT2D eigenvalue weighted by atomic mass is 16.3. The molecule has 104 valence electrons. The number of aromatic nitrogens is 6. The summed E-state index contributed by atoms with van der Waals surface area (Å²) in [5.74, 6) is 1.61. The molecule has 0 bridgehead atoms. The van der Waals surface area contributed by atoms with E-state index in [2.05, 4.69) is 41.3 Å². The van der Waals surface area contributed by atoms with Crippen LogP contribution in [0.15, 0.2) is 12.4 Å². The zero-order valence-corrected chi connectivity index (χ0v) is 11.8. The molecule has 0 aliphatic carbocycles. The largest absolute Gasteiger partial charge is 0.393 e. The molecule has 0 aromatic carbocycles. The van der Waals surface area contributed by atoms with E-state index in [0.717, 1.165) is 11.6 Å². The van der Waals surface area contributed by atoms with Crippen molar-refractivity contribution >= 4 is 0 Å². The van der Waals surface area contributed by atoms with Crippen LogP contribution < -0.4 is 0 Å². The van der Waals surface area contributed by atoms with Crippen molar-refractivity contribution in [2.45, 2.75) is 52.3 Å². The van der Waals surface area contributed by atoms with Crippen LogP contribution in [0, 0.1) is 0 Å². The fourth-order valence-electron chi connectivity index (χ4n) is 1.92. The molecule has 0 fully saturated rings. The van der Waals surface area contributed by atoms with Gasteiger partial charge in [-0.05, 0) is 38.1 Å². The van der Waals surface area contributed by atoms with E-state index in [0.29, 0.717) is 13.0 Å². The Bertz CT molecular complexity index is 536. The Balaban J connectivity index is 2.23. The fourth-order valence-corrected chi connectivity index (χ4v) is 1.92. The summed E-state index contributed by atoms with van der Waals surface area (Å²) in [5, 5.41) is 21.3. The maximum absolute atomic E-state index is 9.46. The molecule has 0 spiro atoms. The first-order chi connectivity index (χ1) is 8.88. The standard InChI is InChI=1S/C12H20N6O/c1-9(19)7-10-13-5-6-17(10)8-11-14-15-16-18(11)12(2,3)4/h5-6,9,19H,7-8H2,1-4H3. The van der Waals surface area contributed by atoms with E-state index < -0.39 is 6.10 Å². The van der Waals surface area contributed by atoms with Gasteiger partial charge in [-0.2, -0.15) is 0 Å². The number of hydrogen-bond acceptors (Lipinski definition) is 5. The molecule has 2 aromatic heterocycles. The minimum absolute atomic E-state index is 0.163. The van der Waals surface area contributed by atoms with Crippen molar-refractivity contribution in [2.24, 2.45) is 0 Å². The van der Waals surface area contributed by atoms with Crippen LogP contribution in [-0.4, -0.2) is 41.0 Å². The zero-order chi connectivity index (χ0) is 14.0. The molecule has 2 aromatic rings. The van der Waals surface area contributed by atoms with Gasteiger partial charge in [-0.25, -0.2) is 9.67 Å². The molecule has 0 aliphatic rings. The van der Waals surface area contributed by atoms with Crippen LogP contribution in [0.2, 0.25) is 0 Å². The van der Waals surface area contributed by atoms with Gasteiger partial charge in [-0.1, -0.05) is 0 Å². The Kier molecular flexibility index (Phi) is 3.66. The third-order valence-corrected chi connectivity index (χ3v) is 2.76. The second kappa shape index (κ2) is 5.08. The predicted octanol–water partition coefficient (Wildman–Crippen LogP) is 0.596. The van der Waals surface area contributed by atoms with Crippen LogP contribution in [0.1, 0.15) is 39.3 Å². The SMILES string of the molecule is CC(O)Cc1nccn1Cc1nnnn1C(C)(C)C. The molecule has 0 amide bonds. The van der Waals surface area contributed by atoms with Crippen LogP contribution >= 0.6 is 0 Å². The lowest BCUT2D eigenvalue weighted by molar-refractivity contribution is 0.191. The molecular weight excluding hydrogens is 244 g/mol. The zero-order valence-electron chi connectivity index (χ0n) is 11.8. The van der Waals surface area contributed by atoms with Crippen molar-refractivity contribution in [3.8, 4) is 0 Å². The Labute approximate surface area is 112 Å². The lowest BCUT2D eigenvalue weighted by Gasteiger charge is -2.20. The summed E-state index contributed by atoms with van der Waals surface area (Å²) in [6.45, 7) is 8.46. The molecule has 0 aliphatic heterocycles. The molecule has 1 unspecified atom stereocenters. The first-order valence-electron chi connectivity index (χ1n) is 6.33. The van der Waals surface area contributed by atoms with Crippen molar-refractivity contribution in [3.63, 3.8) is 0 Å². The molecule has 0 saturated carbocycles. The average Bonchev–Trinajstić information content (AvgIpc) is 2.87. The molecule has 0 saturated heterocycles. The molecule has 7 nitrogen and oxygen atoms in total. The quantitative estimate of drug-likeness (QED) is 0.874. The smallest absolute Gasteiger partial charge is 0.171 e. The van der Waals surface area contributed by atoms with Gasteiger partial charge >= 0.3 is 0 Å². The monoisotopic (exact) mass is 264 g/mol. The van der Waals surface area contributed by atoms with E-state index in [1.807, 2.05) is 10.8 Å². The molecule has 7 heteroatoms. The maximum Gasteiger partial charge on any atom is 0.171 e. The number of tetrazole rings is 1. The van der Waals surface area contributed by atoms with Crippen molar-refractivity contribution < 1.29 is 5.11 Å². The van der Waals surface area contributed by atoms with Gasteiger partial charge in [0.15, 0.2) is 5.82 Å². The van der Waals surface area contributed by atoms with Gasteiger partial charge in [-0.15, -0.1) is 5.10 Å². The van der Waals surface area contributed by atoms with E-state index in [1.54, 1.807) is 17.8 Å². The van der Waals surface area contributed by atoms with Crippen molar-refractivity contribution in [2.75, 3.05) is 0 Å². The number of rotatable bonds is 4. The van der Waals surface area contributed by atoms with Crippen LogP contribution in [0.4, 0.5) is 0 Å². The molecule has 1 N–H and O–H groups in total. The Hall–Kier alpha value is -1.76. The van der Waals surface area contributed by atoms with Gasteiger partial charge < -0.3 is 9.67 Å². The van der Waals surface area contributed by atoms with Gasteiger partial charge in [-0.3, -0.25) is 0 Å². The summed E-state index contributed by atoms with van der Waals surface area (Å²) in [4.78, 5) is 4.25. The summed E-state index contributed by atoms with van der Waals surface area (Å²) in [6, 6.07) is 0. The number of nitrogens with zero attached hydrogens (tertiary/aromatic N) is 6. The lowest BCUT2D eigenvalue weighted by atomic mass is 10.1. The first-order valence-corrected chi connectivity index (χ1v) is 6.33. The number of hydrogen-bond donors (Lipinski definition) is 1. The van der Waals surface area contributed by atoms with Crippen LogP contribution in [-0.2, 0) is 18.5 Å².